The average molecular weight is 518 g/mol. The second-order valence-electron chi connectivity index (χ2n) is 7.84. The van der Waals surface area contributed by atoms with E-state index in [1.165, 1.54) is 0 Å². The second-order valence-corrected chi connectivity index (χ2v) is 7.84. The Kier molecular flexibility index (Phi) is 13.2. The molecule has 1 atom stereocenters. The maximum absolute atomic E-state index is 12.4. The first-order valence-corrected chi connectivity index (χ1v) is 10.2. The van der Waals surface area contributed by atoms with Crippen LogP contribution in [-0.2, 0) is 11.3 Å². The lowest BCUT2D eigenvalue weighted by molar-refractivity contribution is 0.0205. The van der Waals surface area contributed by atoms with E-state index in [4.69, 9.17) is 4.74 Å². The number of hydrogen-bond acceptors (Lipinski definition) is 3. The van der Waals surface area contributed by atoms with E-state index < -0.39 is 0 Å². The second kappa shape index (κ2) is 13.8. The number of benzene rings is 1. The van der Waals surface area contributed by atoms with Crippen LogP contribution in [0.5, 0.6) is 0 Å². The number of carbonyl (C=O) groups excluding carboxylic acids is 1. The Labute approximate surface area is 193 Å². The van der Waals surface area contributed by atoms with Crippen LogP contribution in [0, 0.1) is 5.41 Å². The number of halogens is 1. The molecule has 7 heteroatoms. The minimum atomic E-state index is 0. The van der Waals surface area contributed by atoms with E-state index in [0.717, 1.165) is 36.7 Å². The zero-order chi connectivity index (χ0) is 21.2. The fraction of sp³-hybridized carbons (Fsp3) is 0.636. The average Bonchev–Trinajstić information content (AvgIpc) is 2.66. The van der Waals surface area contributed by atoms with Crippen LogP contribution in [0.4, 0.5) is 0 Å². The maximum Gasteiger partial charge on any atom is 0.253 e. The number of aliphatic imine (C=N–C) groups is 1. The van der Waals surface area contributed by atoms with Gasteiger partial charge in [-0.1, -0.05) is 32.9 Å². The normalized spacial score (nSPS) is 12.7. The third kappa shape index (κ3) is 9.33. The molecule has 0 bridgehead atoms. The first-order chi connectivity index (χ1) is 13.3. The number of methoxy groups -OCH3 is 1. The third-order valence-electron chi connectivity index (χ3n) is 4.72. The molecule has 1 aromatic rings. The number of hydrogen-bond donors (Lipinski definition) is 2. The van der Waals surface area contributed by atoms with Gasteiger partial charge in [-0.25, -0.2) is 4.99 Å². The maximum atomic E-state index is 12.4. The van der Waals surface area contributed by atoms with Crippen molar-refractivity contribution >= 4 is 35.8 Å². The summed E-state index contributed by atoms with van der Waals surface area (Å²) >= 11 is 0. The summed E-state index contributed by atoms with van der Waals surface area (Å²) < 4.78 is 5.60. The van der Waals surface area contributed by atoms with Crippen molar-refractivity contribution in [3.63, 3.8) is 0 Å². The Morgan fingerprint density at radius 3 is 2.14 bits per heavy atom. The van der Waals surface area contributed by atoms with Crippen molar-refractivity contribution in [2.24, 2.45) is 10.4 Å². The Morgan fingerprint density at radius 1 is 1.10 bits per heavy atom. The molecule has 29 heavy (non-hydrogen) atoms. The first-order valence-electron chi connectivity index (χ1n) is 10.2. The number of rotatable bonds is 9. The number of amides is 1. The molecule has 2 N–H and O–H groups in total. The lowest BCUT2D eigenvalue weighted by Gasteiger charge is -2.30. The van der Waals surface area contributed by atoms with Crippen LogP contribution in [0.1, 0.15) is 57.5 Å². The molecule has 0 saturated heterocycles. The molecule has 1 amide bonds. The highest BCUT2D eigenvalue weighted by atomic mass is 127. The van der Waals surface area contributed by atoms with Gasteiger partial charge in [-0.15, -0.1) is 24.0 Å². The molecule has 0 aliphatic carbocycles. The van der Waals surface area contributed by atoms with E-state index in [2.05, 4.69) is 36.4 Å². The smallest absolute Gasteiger partial charge is 0.253 e. The van der Waals surface area contributed by atoms with Crippen molar-refractivity contribution in [1.82, 2.24) is 15.5 Å². The molecule has 0 radical (unpaired) electrons. The SMILES string of the molecule is CCNC(=NCc1ccc(C(=O)N(CC)CC)cc1)NCC(OC)C(C)(C)C.I. The van der Waals surface area contributed by atoms with Gasteiger partial charge in [-0.2, -0.15) is 0 Å². The molecule has 0 fully saturated rings. The van der Waals surface area contributed by atoms with Crippen LogP contribution in [-0.4, -0.2) is 56.2 Å². The molecule has 6 nitrogen and oxygen atoms in total. The van der Waals surface area contributed by atoms with Crippen LogP contribution < -0.4 is 10.6 Å². The van der Waals surface area contributed by atoms with Crippen molar-refractivity contribution in [3.05, 3.63) is 35.4 Å². The van der Waals surface area contributed by atoms with Gasteiger partial charge in [0.2, 0.25) is 0 Å². The van der Waals surface area contributed by atoms with Crippen molar-refractivity contribution in [3.8, 4) is 0 Å². The van der Waals surface area contributed by atoms with Gasteiger partial charge in [0, 0.05) is 38.9 Å². The standard InChI is InChI=1S/C22H38N4O2.HI/c1-8-23-21(25-16-19(28-7)22(4,5)6)24-15-17-11-13-18(14-12-17)20(27)26(9-2)10-3;/h11-14,19H,8-10,15-16H2,1-7H3,(H2,23,24,25);1H. The molecule has 1 rings (SSSR count). The highest BCUT2D eigenvalue weighted by Crippen LogP contribution is 2.20. The summed E-state index contributed by atoms with van der Waals surface area (Å²) in [7, 11) is 1.74. The van der Waals surface area contributed by atoms with E-state index in [-0.39, 0.29) is 41.4 Å². The van der Waals surface area contributed by atoms with Crippen molar-refractivity contribution in [2.45, 2.75) is 54.2 Å². The van der Waals surface area contributed by atoms with Gasteiger partial charge in [-0.3, -0.25) is 4.79 Å². The minimum Gasteiger partial charge on any atom is -0.379 e. The summed E-state index contributed by atoms with van der Waals surface area (Å²) in [6.45, 7) is 16.0. The summed E-state index contributed by atoms with van der Waals surface area (Å²) in [5.74, 6) is 0.833. The van der Waals surface area contributed by atoms with Crippen LogP contribution in [0.25, 0.3) is 0 Å². The molecular weight excluding hydrogens is 479 g/mol. The topological polar surface area (TPSA) is 66.0 Å². The van der Waals surface area contributed by atoms with Gasteiger partial charge in [0.05, 0.1) is 12.6 Å². The molecular formula is C22H39IN4O2. The zero-order valence-electron chi connectivity index (χ0n) is 19.0. The monoisotopic (exact) mass is 518 g/mol. The largest absolute Gasteiger partial charge is 0.379 e. The highest BCUT2D eigenvalue weighted by molar-refractivity contribution is 14.0. The van der Waals surface area contributed by atoms with Gasteiger partial charge in [-0.05, 0) is 43.9 Å². The lowest BCUT2D eigenvalue weighted by Crippen LogP contribution is -2.45. The van der Waals surface area contributed by atoms with Gasteiger partial charge in [0.1, 0.15) is 0 Å². The van der Waals surface area contributed by atoms with Crippen LogP contribution in [0.3, 0.4) is 0 Å². The van der Waals surface area contributed by atoms with E-state index in [1.54, 1.807) is 7.11 Å². The molecule has 1 unspecified atom stereocenters. The molecule has 0 heterocycles. The Bertz CT molecular complexity index is 623. The Balaban J connectivity index is 0.00000784. The predicted octanol–water partition coefficient (Wildman–Crippen LogP) is 3.90. The van der Waals surface area contributed by atoms with Crippen molar-refractivity contribution < 1.29 is 9.53 Å². The Morgan fingerprint density at radius 2 is 1.69 bits per heavy atom. The molecule has 0 aliphatic rings. The molecule has 0 aliphatic heterocycles. The van der Waals surface area contributed by atoms with Crippen molar-refractivity contribution in [1.29, 1.82) is 0 Å². The van der Waals surface area contributed by atoms with Crippen LogP contribution >= 0.6 is 24.0 Å². The van der Waals surface area contributed by atoms with Crippen molar-refractivity contribution in [2.75, 3.05) is 33.3 Å². The first kappa shape index (κ1) is 27.6. The lowest BCUT2D eigenvalue weighted by atomic mass is 9.89. The minimum absolute atomic E-state index is 0. The summed E-state index contributed by atoms with van der Waals surface area (Å²) in [6.07, 6.45) is 0.0849. The van der Waals surface area contributed by atoms with Gasteiger partial charge in [0.15, 0.2) is 5.96 Å². The summed E-state index contributed by atoms with van der Waals surface area (Å²) in [4.78, 5) is 18.9. The van der Waals surface area contributed by atoms with E-state index in [1.807, 2.05) is 49.9 Å². The number of guanidine groups is 1. The van der Waals surface area contributed by atoms with Gasteiger partial charge >= 0.3 is 0 Å². The predicted molar refractivity (Wildman–Crippen MR) is 132 cm³/mol. The van der Waals surface area contributed by atoms with Gasteiger partial charge < -0.3 is 20.3 Å². The number of nitrogens with one attached hydrogen (secondary N) is 2. The summed E-state index contributed by atoms with van der Waals surface area (Å²) in [6, 6.07) is 7.70. The zero-order valence-corrected chi connectivity index (χ0v) is 21.4. The summed E-state index contributed by atoms with van der Waals surface area (Å²) in [5.41, 5.74) is 1.83. The van der Waals surface area contributed by atoms with Crippen LogP contribution in [0.2, 0.25) is 0 Å². The number of carbonyl (C=O) groups is 1. The number of nitrogens with zero attached hydrogens (tertiary/aromatic N) is 2. The van der Waals surface area contributed by atoms with Gasteiger partial charge in [0.25, 0.3) is 5.91 Å². The molecule has 0 aromatic heterocycles. The summed E-state index contributed by atoms with van der Waals surface area (Å²) in [5, 5.41) is 6.63. The molecule has 0 spiro atoms. The molecule has 0 saturated carbocycles. The van der Waals surface area contributed by atoms with E-state index in [0.29, 0.717) is 13.1 Å². The quantitative estimate of drug-likeness (QED) is 0.296. The molecule has 166 valence electrons. The fourth-order valence-corrected chi connectivity index (χ4v) is 2.89. The van der Waals surface area contributed by atoms with E-state index in [9.17, 15) is 4.79 Å². The molecule has 1 aromatic carbocycles. The third-order valence-corrected chi connectivity index (χ3v) is 4.72. The fourth-order valence-electron chi connectivity index (χ4n) is 2.89. The van der Waals surface area contributed by atoms with E-state index >= 15 is 0 Å². The number of ether oxygens (including phenoxy) is 1. The Hall–Kier alpha value is -1.35. The van der Waals surface area contributed by atoms with Crippen LogP contribution in [0.15, 0.2) is 29.3 Å². The highest BCUT2D eigenvalue weighted by Gasteiger charge is 2.24.